The van der Waals surface area contributed by atoms with Crippen LogP contribution in [0.2, 0.25) is 0 Å². The van der Waals surface area contributed by atoms with Crippen LogP contribution >= 0.6 is 15.6 Å². The maximum absolute atomic E-state index is 13.0. The van der Waals surface area contributed by atoms with Crippen molar-refractivity contribution >= 4 is 33.6 Å². The molecule has 0 aromatic carbocycles. The number of phosphoric acid groups is 2. The molecule has 0 amide bonds. The molecule has 0 fully saturated rings. The fourth-order valence-electron chi connectivity index (χ4n) is 9.61. The zero-order chi connectivity index (χ0) is 73.7. The largest absolute Gasteiger partial charge is 0.472 e. The molecule has 574 valence electrons. The number of unbranched alkanes of at least 4 members (excludes halogenated alkanes) is 20. The summed E-state index contributed by atoms with van der Waals surface area (Å²) in [5.74, 6) is -1.65. The van der Waals surface area contributed by atoms with Crippen molar-refractivity contribution < 1.29 is 75.8 Å². The van der Waals surface area contributed by atoms with Crippen LogP contribution in [0.1, 0.15) is 278 Å². The van der Waals surface area contributed by atoms with Crippen LogP contribution in [0.25, 0.3) is 0 Å². The molecule has 101 heavy (non-hydrogen) atoms. The normalized spacial score (nSPS) is 15.0. The zero-order valence-electron chi connectivity index (χ0n) is 62.5. The van der Waals surface area contributed by atoms with Crippen LogP contribution in [0.15, 0.2) is 170 Å². The molecule has 0 aromatic rings. The Morgan fingerprint density at radius 1 is 0.287 bits per heavy atom. The van der Waals surface area contributed by atoms with Gasteiger partial charge >= 0.3 is 33.6 Å². The Balaban J connectivity index is 4.72. The van der Waals surface area contributed by atoms with Gasteiger partial charge in [0.1, 0.15) is 25.4 Å². The number of aliphatic hydroxyl groups is 2. The number of aliphatic hydroxyl groups excluding tert-OH is 2. The predicted molar refractivity (Wildman–Crippen MR) is 417 cm³/mol. The number of hydrogen-bond donors (Lipinski definition) is 4. The van der Waals surface area contributed by atoms with E-state index in [1.807, 2.05) is 0 Å². The van der Waals surface area contributed by atoms with E-state index in [1.54, 1.807) is 0 Å². The molecule has 0 aromatic heterocycles. The third-order valence-corrected chi connectivity index (χ3v) is 17.3. The number of hydrogen-bond acceptors (Lipinski definition) is 14. The molecule has 0 saturated heterocycles. The molecule has 0 aliphatic heterocycles. The van der Waals surface area contributed by atoms with E-state index in [-0.39, 0.29) is 19.3 Å². The van der Waals surface area contributed by atoms with E-state index in [2.05, 4.69) is 191 Å². The highest BCUT2D eigenvalue weighted by molar-refractivity contribution is 7.47. The van der Waals surface area contributed by atoms with Gasteiger partial charge in [0.05, 0.1) is 26.4 Å². The molecular formula is C83H136O16P2. The molecule has 0 spiro atoms. The van der Waals surface area contributed by atoms with Gasteiger partial charge in [0.15, 0.2) is 6.10 Å². The second-order valence-electron chi connectivity index (χ2n) is 25.0. The summed E-state index contributed by atoms with van der Waals surface area (Å²) in [5.41, 5.74) is 0. The van der Waals surface area contributed by atoms with Crippen molar-refractivity contribution in [3.05, 3.63) is 170 Å². The summed E-state index contributed by atoms with van der Waals surface area (Å²) in [4.78, 5) is 58.7. The lowest BCUT2D eigenvalue weighted by Crippen LogP contribution is -2.30. The summed E-state index contributed by atoms with van der Waals surface area (Å²) in [7, 11) is -9.82. The van der Waals surface area contributed by atoms with Crippen LogP contribution in [0.3, 0.4) is 0 Å². The van der Waals surface area contributed by atoms with Gasteiger partial charge in [-0.2, -0.15) is 0 Å². The van der Waals surface area contributed by atoms with Gasteiger partial charge in [0.25, 0.3) is 0 Å². The Kier molecular flexibility index (Phi) is 70.9. The second-order valence-corrected chi connectivity index (χ2v) is 27.9. The Morgan fingerprint density at radius 2 is 0.525 bits per heavy atom. The van der Waals surface area contributed by atoms with Gasteiger partial charge in [0, 0.05) is 19.3 Å². The lowest BCUT2D eigenvalue weighted by Gasteiger charge is -2.21. The average molecular weight is 1450 g/mol. The fourth-order valence-corrected chi connectivity index (χ4v) is 11.2. The molecular weight excluding hydrogens is 1310 g/mol. The highest BCUT2D eigenvalue weighted by atomic mass is 31.2. The molecule has 4 N–H and O–H groups in total. The summed E-state index contributed by atoms with van der Waals surface area (Å²) in [6.07, 6.45) is 93.9. The quantitative estimate of drug-likeness (QED) is 0.0146. The van der Waals surface area contributed by atoms with Crippen molar-refractivity contribution in [2.45, 2.75) is 296 Å². The Morgan fingerprint density at radius 3 is 0.842 bits per heavy atom. The van der Waals surface area contributed by atoms with Crippen LogP contribution in [0.4, 0.5) is 0 Å². The summed E-state index contributed by atoms with van der Waals surface area (Å²) >= 11 is 0. The smallest absolute Gasteiger partial charge is 0.463 e. The van der Waals surface area contributed by atoms with E-state index >= 15 is 0 Å². The van der Waals surface area contributed by atoms with Gasteiger partial charge in [-0.15, -0.1) is 0 Å². The molecule has 5 unspecified atom stereocenters. The zero-order valence-corrected chi connectivity index (χ0v) is 64.3. The van der Waals surface area contributed by atoms with Crippen LogP contribution in [-0.2, 0) is 55.8 Å². The first-order valence-corrected chi connectivity index (χ1v) is 41.4. The first-order valence-electron chi connectivity index (χ1n) is 38.4. The van der Waals surface area contributed by atoms with Crippen molar-refractivity contribution in [3.63, 3.8) is 0 Å². The maximum Gasteiger partial charge on any atom is 0.472 e. The summed E-state index contributed by atoms with van der Waals surface area (Å²) in [5, 5.41) is 20.6. The molecule has 5 atom stereocenters. The van der Waals surface area contributed by atoms with Crippen molar-refractivity contribution in [3.8, 4) is 0 Å². The van der Waals surface area contributed by atoms with Crippen molar-refractivity contribution in [1.29, 1.82) is 0 Å². The van der Waals surface area contributed by atoms with E-state index in [4.69, 9.17) is 32.3 Å². The molecule has 0 saturated carbocycles. The average Bonchev–Trinajstić information content (AvgIpc) is 0.990. The fraction of sp³-hybridized carbons (Fsp3) is 0.627. The van der Waals surface area contributed by atoms with Crippen LogP contribution < -0.4 is 0 Å². The summed E-state index contributed by atoms with van der Waals surface area (Å²) in [6.45, 7) is 2.34. The number of allylic oxidation sites excluding steroid dienone is 28. The van der Waals surface area contributed by atoms with Crippen molar-refractivity contribution in [2.75, 3.05) is 39.6 Å². The molecule has 0 radical (unpaired) electrons. The summed E-state index contributed by atoms with van der Waals surface area (Å²) < 4.78 is 61.1. The van der Waals surface area contributed by atoms with Gasteiger partial charge in [-0.05, 0) is 154 Å². The number of carbonyl (C=O) groups excluding carboxylic acids is 3. The number of phosphoric ester groups is 2. The third-order valence-electron chi connectivity index (χ3n) is 15.4. The molecule has 0 aliphatic rings. The van der Waals surface area contributed by atoms with Crippen LogP contribution in [0, 0.1) is 0 Å². The van der Waals surface area contributed by atoms with Crippen molar-refractivity contribution in [1.82, 2.24) is 0 Å². The SMILES string of the molecule is CC/C=C\C/C=C\C/C=C\C/C=C\C/C=C\CCCCCCCCCCCC(=O)OCC(O)COP(=O)(O)OCC(O)COP(=O)(O)OCC(COC(=O)CCCCCCC/C=C\C/C=C\C/C=C\C/C=C\CCCCC)OC(=O)CCCCC/C=C\C/C=C\C/C=C\C/C=C\C/C=C\CC. The molecule has 0 bridgehead atoms. The highest BCUT2D eigenvalue weighted by Gasteiger charge is 2.29. The van der Waals surface area contributed by atoms with Crippen LogP contribution in [-0.4, -0.2) is 95.9 Å². The number of rotatable bonds is 71. The van der Waals surface area contributed by atoms with Gasteiger partial charge in [0.2, 0.25) is 0 Å². The number of ether oxygens (including phenoxy) is 3. The monoisotopic (exact) mass is 1450 g/mol. The first kappa shape index (κ1) is 95.9. The van der Waals surface area contributed by atoms with E-state index < -0.39 is 91.5 Å². The number of carbonyl (C=O) groups is 3. The lowest BCUT2D eigenvalue weighted by atomic mass is 10.1. The number of esters is 3. The van der Waals surface area contributed by atoms with Gasteiger partial charge < -0.3 is 34.2 Å². The summed E-state index contributed by atoms with van der Waals surface area (Å²) in [6, 6.07) is 0. The van der Waals surface area contributed by atoms with E-state index in [9.17, 15) is 43.5 Å². The maximum atomic E-state index is 13.0. The minimum absolute atomic E-state index is 0.0544. The molecule has 0 rings (SSSR count). The predicted octanol–water partition coefficient (Wildman–Crippen LogP) is 22.4. The van der Waals surface area contributed by atoms with E-state index in [0.717, 1.165) is 173 Å². The topological polar surface area (TPSA) is 231 Å². The van der Waals surface area contributed by atoms with Crippen molar-refractivity contribution in [2.24, 2.45) is 0 Å². The van der Waals surface area contributed by atoms with Crippen LogP contribution in [0.5, 0.6) is 0 Å². The minimum Gasteiger partial charge on any atom is -0.463 e. The third kappa shape index (κ3) is 75.9. The lowest BCUT2D eigenvalue weighted by molar-refractivity contribution is -0.161. The Bertz CT molecular complexity index is 2520. The van der Waals surface area contributed by atoms with E-state index in [1.165, 1.54) is 44.9 Å². The first-order chi connectivity index (χ1) is 49.2. The molecule has 16 nitrogen and oxygen atoms in total. The minimum atomic E-state index is -4.95. The molecule has 18 heteroatoms. The van der Waals surface area contributed by atoms with Gasteiger partial charge in [-0.1, -0.05) is 274 Å². The second kappa shape index (κ2) is 74.6. The van der Waals surface area contributed by atoms with E-state index in [0.29, 0.717) is 19.3 Å². The molecule has 0 heterocycles. The Hall–Kier alpha value is -5.09. The molecule has 0 aliphatic carbocycles. The highest BCUT2D eigenvalue weighted by Crippen LogP contribution is 2.45. The standard InChI is InChI=1S/C83H136O16P2/c1-4-7-10-13-16-19-22-25-28-31-34-36-37-38-39-41-44-45-48-51-54-57-60-63-66-69-81(86)93-72-78(84)73-95-100(89,90)96-74-79(85)75-97-101(91,92)98-77-80(99-83(88)71-68-65-62-59-56-53-50-47-42-33-30-27-24-21-18-15-12-9-6-3)76-94-82(87)70-67-64-61-58-55-52-49-46-43-40-35-32-29-26-23-20-17-14-11-8-5-2/h7,9-10,12,16-21,25-30,34-36,38-40,42,46-47,49,53,56,78-80,84-85H,4-6,8,11,13-15,22-24,31-33,37,41,43-45,48,50-52,54-55,57-77H2,1-3H3,(H,89,90)(H,91,92)/b10-7-,12-9-,19-16-,20-17-,21-18-,28-25-,29-26-,30-27-,36-34-,39-38-,40-35-,47-42-,49-46-,56-53-. The Labute approximate surface area is 612 Å². The van der Waals surface area contributed by atoms with Gasteiger partial charge in [-0.3, -0.25) is 32.5 Å². The van der Waals surface area contributed by atoms with Gasteiger partial charge in [-0.25, -0.2) is 9.13 Å².